The Labute approximate surface area is 157 Å². The Morgan fingerprint density at radius 1 is 1.11 bits per heavy atom. The van der Waals surface area contributed by atoms with Crippen molar-refractivity contribution in [2.24, 2.45) is 11.3 Å². The van der Waals surface area contributed by atoms with Crippen LogP contribution in [0.15, 0.2) is 24.3 Å². The summed E-state index contributed by atoms with van der Waals surface area (Å²) in [6.07, 6.45) is 2.57. The SMILES string of the molecule is CC1(C)C2CC34CCCN3C(=O)C2(C[C@]12Nc1ccccc1C2=O)NC4=O. The van der Waals surface area contributed by atoms with Crippen molar-refractivity contribution >= 4 is 23.3 Å². The third-order valence-corrected chi connectivity index (χ3v) is 8.43. The molecule has 5 aliphatic heterocycles. The van der Waals surface area contributed by atoms with Gasteiger partial charge in [0.05, 0.1) is 0 Å². The van der Waals surface area contributed by atoms with Gasteiger partial charge in [-0.25, -0.2) is 0 Å². The molecule has 1 aromatic rings. The van der Waals surface area contributed by atoms with Gasteiger partial charge in [0.15, 0.2) is 5.78 Å². The number of carbonyl (C=O) groups is 3. The zero-order valence-electron chi connectivity index (χ0n) is 15.6. The van der Waals surface area contributed by atoms with Crippen LogP contribution in [0.3, 0.4) is 0 Å². The maximum atomic E-state index is 13.6. The minimum atomic E-state index is -0.975. The van der Waals surface area contributed by atoms with E-state index >= 15 is 0 Å². The first-order valence-electron chi connectivity index (χ1n) is 9.85. The molecule has 3 spiro atoms. The van der Waals surface area contributed by atoms with Crippen molar-refractivity contribution in [2.75, 3.05) is 11.9 Å². The molecule has 3 unspecified atom stereocenters. The van der Waals surface area contributed by atoms with E-state index in [0.29, 0.717) is 24.9 Å². The molecule has 7 rings (SSSR count). The van der Waals surface area contributed by atoms with Crippen LogP contribution in [0, 0.1) is 11.3 Å². The van der Waals surface area contributed by atoms with Gasteiger partial charge in [-0.2, -0.15) is 0 Å². The lowest BCUT2D eigenvalue weighted by atomic mass is 9.59. The summed E-state index contributed by atoms with van der Waals surface area (Å²) in [7, 11) is 0. The Kier molecular flexibility index (Phi) is 2.44. The third kappa shape index (κ3) is 1.38. The summed E-state index contributed by atoms with van der Waals surface area (Å²) in [5, 5.41) is 6.65. The van der Waals surface area contributed by atoms with Crippen molar-refractivity contribution in [1.82, 2.24) is 10.2 Å². The van der Waals surface area contributed by atoms with E-state index in [2.05, 4.69) is 24.5 Å². The van der Waals surface area contributed by atoms with Crippen LogP contribution in [0.1, 0.15) is 49.9 Å². The van der Waals surface area contributed by atoms with Gasteiger partial charge in [-0.3, -0.25) is 14.4 Å². The minimum Gasteiger partial charge on any atom is -0.371 e. The molecular formula is C21H23N3O3. The Balaban J connectivity index is 1.55. The number of nitrogens with zero attached hydrogens (tertiary/aromatic N) is 1. The van der Waals surface area contributed by atoms with Gasteiger partial charge in [0.1, 0.15) is 16.6 Å². The van der Waals surface area contributed by atoms with Crippen molar-refractivity contribution in [1.29, 1.82) is 0 Å². The Morgan fingerprint density at radius 2 is 1.89 bits per heavy atom. The highest BCUT2D eigenvalue weighted by atomic mass is 16.2. The van der Waals surface area contributed by atoms with Crippen LogP contribution < -0.4 is 10.6 Å². The first kappa shape index (κ1) is 15.7. The van der Waals surface area contributed by atoms with Crippen molar-refractivity contribution in [2.45, 2.75) is 56.1 Å². The Morgan fingerprint density at radius 3 is 2.67 bits per heavy atom. The summed E-state index contributed by atoms with van der Waals surface area (Å²) in [6.45, 7) is 4.84. The number of carbonyl (C=O) groups excluding carboxylic acids is 3. The maximum absolute atomic E-state index is 13.6. The molecule has 2 amide bonds. The second kappa shape index (κ2) is 4.21. The molecule has 1 saturated carbocycles. The molecule has 6 heteroatoms. The maximum Gasteiger partial charge on any atom is 0.249 e. The number of ketones is 1. The lowest BCUT2D eigenvalue weighted by Gasteiger charge is -2.58. The van der Waals surface area contributed by atoms with Crippen LogP contribution in [0.2, 0.25) is 0 Å². The topological polar surface area (TPSA) is 78.5 Å². The number of fused-ring (bicyclic) bond motifs is 2. The molecule has 6 aliphatic rings. The molecule has 4 atom stereocenters. The fourth-order valence-corrected chi connectivity index (χ4v) is 7.02. The van der Waals surface area contributed by atoms with Gasteiger partial charge in [-0.05, 0) is 31.4 Å². The van der Waals surface area contributed by atoms with Gasteiger partial charge in [-0.15, -0.1) is 0 Å². The van der Waals surface area contributed by atoms with E-state index in [9.17, 15) is 14.4 Å². The quantitative estimate of drug-likeness (QED) is 0.734. The molecule has 27 heavy (non-hydrogen) atoms. The molecule has 0 radical (unpaired) electrons. The Bertz CT molecular complexity index is 956. The first-order chi connectivity index (χ1) is 12.8. The van der Waals surface area contributed by atoms with Crippen molar-refractivity contribution < 1.29 is 14.4 Å². The number of nitrogens with one attached hydrogen (secondary N) is 2. The summed E-state index contributed by atoms with van der Waals surface area (Å²) >= 11 is 0. The number of rotatable bonds is 0. The van der Waals surface area contributed by atoms with Gasteiger partial charge >= 0.3 is 0 Å². The summed E-state index contributed by atoms with van der Waals surface area (Å²) in [4.78, 5) is 42.0. The average Bonchev–Trinajstić information content (AvgIpc) is 3.24. The standard InChI is InChI=1S/C21H23N3O3/c1-18(2)14-10-19-8-5-9-24(19)17(27)20(14,23-16(19)26)11-21(18)15(25)12-6-3-4-7-13(12)22-21/h3-4,6-7,14,22H,5,8-11H2,1-2H3,(H,23,26)/t14?,19?,20?,21-/m1/s1. The second-order valence-electron chi connectivity index (χ2n) is 9.58. The van der Waals surface area contributed by atoms with Gasteiger partial charge in [0, 0.05) is 35.5 Å². The molecule has 5 heterocycles. The van der Waals surface area contributed by atoms with Gasteiger partial charge < -0.3 is 15.5 Å². The Hall–Kier alpha value is -2.37. The van der Waals surface area contributed by atoms with Crippen molar-refractivity contribution in [3.8, 4) is 0 Å². The molecule has 6 nitrogen and oxygen atoms in total. The summed E-state index contributed by atoms with van der Waals surface area (Å²) in [6, 6.07) is 7.56. The van der Waals surface area contributed by atoms with Gasteiger partial charge in [0.25, 0.3) is 0 Å². The van der Waals surface area contributed by atoms with Crippen molar-refractivity contribution in [3.63, 3.8) is 0 Å². The van der Waals surface area contributed by atoms with Crippen LogP contribution in [-0.2, 0) is 9.59 Å². The molecule has 4 saturated heterocycles. The summed E-state index contributed by atoms with van der Waals surface area (Å²) in [5.41, 5.74) is -1.49. The fourth-order valence-electron chi connectivity index (χ4n) is 7.02. The van der Waals surface area contributed by atoms with E-state index in [0.717, 1.165) is 18.5 Å². The van der Waals surface area contributed by atoms with E-state index in [4.69, 9.17) is 0 Å². The zero-order chi connectivity index (χ0) is 18.8. The number of hydrogen-bond donors (Lipinski definition) is 2. The first-order valence-corrected chi connectivity index (χ1v) is 9.85. The van der Waals surface area contributed by atoms with Crippen LogP contribution in [-0.4, -0.2) is 45.7 Å². The number of amides is 2. The number of anilines is 1. The van der Waals surface area contributed by atoms with Crippen LogP contribution in [0.4, 0.5) is 5.69 Å². The van der Waals surface area contributed by atoms with Gasteiger partial charge in [0.2, 0.25) is 11.8 Å². The van der Waals surface area contributed by atoms with E-state index in [1.165, 1.54) is 0 Å². The summed E-state index contributed by atoms with van der Waals surface area (Å²) in [5.74, 6) is -0.0108. The lowest BCUT2D eigenvalue weighted by molar-refractivity contribution is -0.175. The smallest absolute Gasteiger partial charge is 0.249 e. The van der Waals surface area contributed by atoms with Crippen LogP contribution in [0.25, 0.3) is 0 Å². The number of piperazine rings is 1. The second-order valence-corrected chi connectivity index (χ2v) is 9.58. The number of para-hydroxylation sites is 1. The molecule has 2 bridgehead atoms. The third-order valence-electron chi connectivity index (χ3n) is 8.43. The molecule has 1 aromatic carbocycles. The average molecular weight is 365 g/mol. The molecule has 2 N–H and O–H groups in total. The van der Waals surface area contributed by atoms with E-state index in [1.54, 1.807) is 0 Å². The van der Waals surface area contributed by atoms with Crippen LogP contribution in [0.5, 0.6) is 0 Å². The zero-order valence-corrected chi connectivity index (χ0v) is 15.6. The monoisotopic (exact) mass is 365 g/mol. The van der Waals surface area contributed by atoms with Crippen LogP contribution >= 0.6 is 0 Å². The lowest BCUT2D eigenvalue weighted by Crippen LogP contribution is -2.81. The van der Waals surface area contributed by atoms with Crippen molar-refractivity contribution in [3.05, 3.63) is 29.8 Å². The highest BCUT2D eigenvalue weighted by molar-refractivity contribution is 6.16. The van der Waals surface area contributed by atoms with E-state index < -0.39 is 22.0 Å². The van der Waals surface area contributed by atoms with Gasteiger partial charge in [-0.1, -0.05) is 26.0 Å². The molecule has 5 fully saturated rings. The minimum absolute atomic E-state index is 0.0198. The highest BCUT2D eigenvalue weighted by Crippen LogP contribution is 2.66. The molecular weight excluding hydrogens is 342 g/mol. The normalized spacial score (nSPS) is 42.8. The van der Waals surface area contributed by atoms with E-state index in [-0.39, 0.29) is 23.5 Å². The number of hydrogen-bond acceptors (Lipinski definition) is 4. The predicted octanol–water partition coefficient (Wildman–Crippen LogP) is 1.71. The molecule has 140 valence electrons. The van der Waals surface area contributed by atoms with E-state index in [1.807, 2.05) is 29.2 Å². The fraction of sp³-hybridized carbons (Fsp3) is 0.571. The summed E-state index contributed by atoms with van der Waals surface area (Å²) < 4.78 is 0. The number of benzene rings is 1. The molecule has 1 aliphatic carbocycles. The highest BCUT2D eigenvalue weighted by Gasteiger charge is 2.80. The predicted molar refractivity (Wildman–Crippen MR) is 98.2 cm³/mol. The molecule has 0 aromatic heterocycles. The number of Topliss-reactive ketones (excluding diaryl/α,β-unsaturated/α-hetero) is 1. The number of piperidine rings is 2. The largest absolute Gasteiger partial charge is 0.371 e.